The third kappa shape index (κ3) is 3.68. The zero-order chi connectivity index (χ0) is 12.5. The molecule has 7 heteroatoms. The zero-order valence-electron chi connectivity index (χ0n) is 9.94. The molecular formula is C11H16BrClN2O2S. The molecule has 1 saturated heterocycles. The summed E-state index contributed by atoms with van der Waals surface area (Å²) in [7, 11) is -3.43. The molecule has 102 valence electrons. The topological polar surface area (TPSA) is 58.2 Å². The van der Waals surface area contributed by atoms with E-state index in [1.54, 1.807) is 12.1 Å². The lowest BCUT2D eigenvalue weighted by atomic mass is 10.2. The third-order valence-electron chi connectivity index (χ3n) is 2.76. The molecule has 0 bridgehead atoms. The van der Waals surface area contributed by atoms with Gasteiger partial charge >= 0.3 is 0 Å². The third-order valence-corrected chi connectivity index (χ3v) is 5.26. The number of benzene rings is 1. The molecular weight excluding hydrogens is 340 g/mol. The maximum atomic E-state index is 12.2. The average Bonchev–Trinajstić information content (AvgIpc) is 2.68. The Balaban J connectivity index is 0.00000162. The highest BCUT2D eigenvalue weighted by Crippen LogP contribution is 2.23. The molecule has 1 unspecified atom stereocenters. The Morgan fingerprint density at radius 2 is 2.17 bits per heavy atom. The molecule has 1 atom stereocenters. The number of rotatable bonds is 3. The lowest BCUT2D eigenvalue weighted by Gasteiger charge is -2.13. The van der Waals surface area contributed by atoms with Crippen molar-refractivity contribution in [2.75, 3.05) is 13.1 Å². The van der Waals surface area contributed by atoms with Crippen molar-refractivity contribution in [1.29, 1.82) is 0 Å². The van der Waals surface area contributed by atoms with Crippen LogP contribution in [0.1, 0.15) is 12.0 Å². The molecule has 1 fully saturated rings. The van der Waals surface area contributed by atoms with Crippen molar-refractivity contribution in [2.24, 2.45) is 0 Å². The fourth-order valence-corrected chi connectivity index (χ4v) is 4.32. The fourth-order valence-electron chi connectivity index (χ4n) is 1.86. The van der Waals surface area contributed by atoms with E-state index in [1.807, 2.05) is 13.0 Å². The first-order valence-corrected chi connectivity index (χ1v) is 7.76. The van der Waals surface area contributed by atoms with Crippen LogP contribution < -0.4 is 10.0 Å². The maximum Gasteiger partial charge on any atom is 0.241 e. The van der Waals surface area contributed by atoms with Crippen LogP contribution in [0.2, 0.25) is 0 Å². The van der Waals surface area contributed by atoms with Crippen molar-refractivity contribution >= 4 is 38.4 Å². The van der Waals surface area contributed by atoms with E-state index in [-0.39, 0.29) is 18.4 Å². The summed E-state index contributed by atoms with van der Waals surface area (Å²) in [6.45, 7) is 3.49. The van der Waals surface area contributed by atoms with Crippen molar-refractivity contribution in [3.8, 4) is 0 Å². The van der Waals surface area contributed by atoms with Crippen LogP contribution in [-0.2, 0) is 10.0 Å². The minimum absolute atomic E-state index is 0. The molecule has 18 heavy (non-hydrogen) atoms. The normalized spacial score (nSPS) is 19.6. The van der Waals surface area contributed by atoms with Gasteiger partial charge in [-0.2, -0.15) is 0 Å². The van der Waals surface area contributed by atoms with Gasteiger partial charge in [0.2, 0.25) is 10.0 Å². The van der Waals surface area contributed by atoms with Crippen LogP contribution in [0.4, 0.5) is 0 Å². The van der Waals surface area contributed by atoms with Crippen molar-refractivity contribution < 1.29 is 8.42 Å². The van der Waals surface area contributed by atoms with Gasteiger partial charge in [0.15, 0.2) is 0 Å². The maximum absolute atomic E-state index is 12.2. The number of hydrogen-bond donors (Lipinski definition) is 2. The summed E-state index contributed by atoms with van der Waals surface area (Å²) >= 11 is 3.30. The molecule has 0 amide bonds. The summed E-state index contributed by atoms with van der Waals surface area (Å²) in [5, 5.41) is 3.13. The second-order valence-electron chi connectivity index (χ2n) is 4.24. The summed E-state index contributed by atoms with van der Waals surface area (Å²) in [5.74, 6) is 0. The summed E-state index contributed by atoms with van der Waals surface area (Å²) in [6.07, 6.45) is 0.836. The van der Waals surface area contributed by atoms with Gasteiger partial charge in [-0.05, 0) is 53.5 Å². The number of nitrogens with one attached hydrogen (secondary N) is 2. The summed E-state index contributed by atoms with van der Waals surface area (Å²) in [6, 6.07) is 5.23. The number of aryl methyl sites for hydroxylation is 1. The highest BCUT2D eigenvalue weighted by atomic mass is 79.9. The Morgan fingerprint density at radius 1 is 1.44 bits per heavy atom. The van der Waals surface area contributed by atoms with Crippen molar-refractivity contribution in [3.63, 3.8) is 0 Å². The van der Waals surface area contributed by atoms with Crippen molar-refractivity contribution in [3.05, 3.63) is 28.2 Å². The second kappa shape index (κ2) is 6.34. The van der Waals surface area contributed by atoms with Crippen LogP contribution >= 0.6 is 28.3 Å². The average molecular weight is 356 g/mol. The smallest absolute Gasteiger partial charge is 0.241 e. The zero-order valence-corrected chi connectivity index (χ0v) is 13.2. The standard InChI is InChI=1S/C11H15BrN2O2S.ClH/c1-8-2-3-11(10(12)6-8)17(15,16)14-9-4-5-13-7-9;/h2-3,6,9,13-14H,4-5,7H2,1H3;1H. The highest BCUT2D eigenvalue weighted by molar-refractivity contribution is 9.10. The van der Waals surface area contributed by atoms with Crippen LogP contribution in [0.5, 0.6) is 0 Å². The Bertz CT molecular complexity index is 516. The van der Waals surface area contributed by atoms with Crippen LogP contribution in [-0.4, -0.2) is 27.5 Å². The van der Waals surface area contributed by atoms with Crippen LogP contribution in [0.3, 0.4) is 0 Å². The molecule has 0 spiro atoms. The molecule has 0 saturated carbocycles. The van der Waals surface area contributed by atoms with Crippen molar-refractivity contribution in [1.82, 2.24) is 10.0 Å². The molecule has 0 aliphatic carbocycles. The summed E-state index contributed by atoms with van der Waals surface area (Å²) in [5.41, 5.74) is 1.03. The first kappa shape index (κ1) is 15.9. The lowest BCUT2D eigenvalue weighted by Crippen LogP contribution is -2.36. The van der Waals surface area contributed by atoms with E-state index in [0.717, 1.165) is 18.5 Å². The quantitative estimate of drug-likeness (QED) is 0.869. The van der Waals surface area contributed by atoms with Crippen LogP contribution in [0.15, 0.2) is 27.6 Å². The molecule has 2 N–H and O–H groups in total. The van der Waals surface area contributed by atoms with Gasteiger partial charge in [-0.1, -0.05) is 6.07 Å². The Kier molecular flexibility index (Phi) is 5.61. The first-order valence-electron chi connectivity index (χ1n) is 5.48. The van der Waals surface area contributed by atoms with Gasteiger partial charge in [0.1, 0.15) is 0 Å². The van der Waals surface area contributed by atoms with E-state index in [0.29, 0.717) is 15.9 Å². The van der Waals surface area contributed by atoms with Gasteiger partial charge in [-0.25, -0.2) is 13.1 Å². The van der Waals surface area contributed by atoms with E-state index in [1.165, 1.54) is 0 Å². The van der Waals surface area contributed by atoms with Crippen LogP contribution in [0.25, 0.3) is 0 Å². The molecule has 4 nitrogen and oxygen atoms in total. The van der Waals surface area contributed by atoms with Crippen molar-refractivity contribution in [2.45, 2.75) is 24.3 Å². The molecule has 2 rings (SSSR count). The Hall–Kier alpha value is -0.140. The fraction of sp³-hybridized carbons (Fsp3) is 0.455. The van der Waals surface area contributed by atoms with Gasteiger partial charge < -0.3 is 5.32 Å². The Labute approximate surface area is 122 Å². The SMILES string of the molecule is Cc1ccc(S(=O)(=O)NC2CCNC2)c(Br)c1.Cl. The minimum atomic E-state index is -3.43. The first-order chi connectivity index (χ1) is 7.99. The van der Waals surface area contributed by atoms with E-state index in [2.05, 4.69) is 26.0 Å². The lowest BCUT2D eigenvalue weighted by molar-refractivity contribution is 0.559. The van der Waals surface area contributed by atoms with Gasteiger partial charge in [-0.15, -0.1) is 12.4 Å². The van der Waals surface area contributed by atoms with Gasteiger partial charge in [0, 0.05) is 17.1 Å². The monoisotopic (exact) mass is 354 g/mol. The number of hydrogen-bond acceptors (Lipinski definition) is 3. The summed E-state index contributed by atoms with van der Waals surface area (Å²) in [4.78, 5) is 0.301. The molecule has 1 heterocycles. The molecule has 0 aromatic heterocycles. The van der Waals surface area contributed by atoms with Gasteiger partial charge in [0.25, 0.3) is 0 Å². The predicted molar refractivity (Wildman–Crippen MR) is 77.7 cm³/mol. The summed E-state index contributed by atoms with van der Waals surface area (Å²) < 4.78 is 27.6. The number of halogens is 2. The van der Waals surface area contributed by atoms with E-state index in [9.17, 15) is 8.42 Å². The second-order valence-corrected chi connectivity index (χ2v) is 6.78. The van der Waals surface area contributed by atoms with E-state index in [4.69, 9.17) is 0 Å². The van der Waals surface area contributed by atoms with Gasteiger partial charge in [-0.3, -0.25) is 0 Å². The Morgan fingerprint density at radius 3 is 2.72 bits per heavy atom. The number of sulfonamides is 1. The van der Waals surface area contributed by atoms with E-state index < -0.39 is 10.0 Å². The van der Waals surface area contributed by atoms with Gasteiger partial charge in [0.05, 0.1) is 4.90 Å². The molecule has 1 aromatic rings. The van der Waals surface area contributed by atoms with Crippen LogP contribution in [0, 0.1) is 6.92 Å². The molecule has 1 aromatic carbocycles. The molecule has 1 aliphatic heterocycles. The predicted octanol–water partition coefficient (Wildman–Crippen LogP) is 1.82. The molecule has 1 aliphatic rings. The minimum Gasteiger partial charge on any atom is -0.315 e. The molecule has 0 radical (unpaired) electrons. The highest BCUT2D eigenvalue weighted by Gasteiger charge is 2.24. The van der Waals surface area contributed by atoms with E-state index >= 15 is 0 Å². The largest absolute Gasteiger partial charge is 0.315 e.